The molecule has 6 nitrogen and oxygen atoms in total. The minimum atomic E-state index is -4.30. The van der Waals surface area contributed by atoms with E-state index in [0.717, 1.165) is 0 Å². The van der Waals surface area contributed by atoms with E-state index in [2.05, 4.69) is 20.1 Å². The van der Waals surface area contributed by atoms with Crippen molar-refractivity contribution >= 4 is 0 Å². The molecule has 108 valence electrons. The largest absolute Gasteiger partial charge is 0.411 e. The van der Waals surface area contributed by atoms with Crippen LogP contribution in [0.15, 0.2) is 6.20 Å². The second kappa shape index (κ2) is 5.43. The number of alkyl halides is 3. The van der Waals surface area contributed by atoms with Crippen molar-refractivity contribution in [1.29, 1.82) is 0 Å². The van der Waals surface area contributed by atoms with E-state index in [0.29, 0.717) is 31.7 Å². The van der Waals surface area contributed by atoms with Gasteiger partial charge in [0.1, 0.15) is 17.9 Å². The van der Waals surface area contributed by atoms with Crippen LogP contribution in [0.4, 0.5) is 13.2 Å². The molecule has 1 aromatic heterocycles. The number of aromatic nitrogens is 3. The zero-order valence-electron chi connectivity index (χ0n) is 10.2. The average molecular weight is 280 g/mol. The maximum absolute atomic E-state index is 11.9. The quantitative estimate of drug-likeness (QED) is 0.758. The first-order chi connectivity index (χ1) is 8.89. The Balaban J connectivity index is 1.74. The monoisotopic (exact) mass is 280 g/mol. The molecule has 19 heavy (non-hydrogen) atoms. The first-order valence-electron chi connectivity index (χ1n) is 5.84. The smallest absolute Gasteiger partial charge is 0.382 e. The van der Waals surface area contributed by atoms with Gasteiger partial charge in [-0.05, 0) is 6.42 Å². The number of ether oxygens (including phenoxy) is 1. The van der Waals surface area contributed by atoms with Gasteiger partial charge < -0.3 is 9.84 Å². The van der Waals surface area contributed by atoms with E-state index in [4.69, 9.17) is 0 Å². The summed E-state index contributed by atoms with van der Waals surface area (Å²) in [6.07, 6.45) is -2.38. The molecule has 0 amide bonds. The number of nitrogens with one attached hydrogen (secondary N) is 1. The van der Waals surface area contributed by atoms with E-state index < -0.39 is 18.4 Å². The van der Waals surface area contributed by atoms with Crippen molar-refractivity contribution in [1.82, 2.24) is 20.3 Å². The molecule has 0 radical (unpaired) electrons. The Morgan fingerprint density at radius 1 is 1.53 bits per heavy atom. The van der Waals surface area contributed by atoms with Crippen molar-refractivity contribution in [3.8, 4) is 0 Å². The molecule has 0 aliphatic carbocycles. The maximum Gasteiger partial charge on any atom is 0.411 e. The fraction of sp³-hybridized carbons (Fsp3) is 0.800. The Hall–Kier alpha value is -1.19. The minimum Gasteiger partial charge on any atom is -0.382 e. The Morgan fingerprint density at radius 3 is 2.95 bits per heavy atom. The summed E-state index contributed by atoms with van der Waals surface area (Å²) in [5, 5.41) is 20.2. The molecule has 2 rings (SSSR count). The first kappa shape index (κ1) is 14.2. The molecule has 2 N–H and O–H groups in total. The Kier molecular flexibility index (Phi) is 4.07. The van der Waals surface area contributed by atoms with Crippen LogP contribution in [0.5, 0.6) is 0 Å². The fourth-order valence-corrected chi connectivity index (χ4v) is 2.08. The molecule has 0 spiro atoms. The number of H-pyrrole nitrogens is 1. The Labute approximate surface area is 107 Å². The number of rotatable bonds is 5. The normalized spacial score (nSPS) is 25.1. The van der Waals surface area contributed by atoms with E-state index >= 15 is 0 Å². The van der Waals surface area contributed by atoms with Crippen molar-refractivity contribution in [2.24, 2.45) is 0 Å². The van der Waals surface area contributed by atoms with Crippen LogP contribution in [0.1, 0.15) is 12.1 Å². The fourth-order valence-electron chi connectivity index (χ4n) is 2.08. The summed E-state index contributed by atoms with van der Waals surface area (Å²) in [5.41, 5.74) is -0.636. The van der Waals surface area contributed by atoms with Crippen LogP contribution < -0.4 is 0 Å². The lowest BCUT2D eigenvalue weighted by atomic mass is 10.0. The third kappa shape index (κ3) is 3.88. The Morgan fingerprint density at radius 2 is 2.32 bits per heavy atom. The number of nitrogens with zero attached hydrogens (tertiary/aromatic N) is 3. The van der Waals surface area contributed by atoms with Gasteiger partial charge in [0.25, 0.3) is 0 Å². The van der Waals surface area contributed by atoms with Crippen molar-refractivity contribution in [3.63, 3.8) is 0 Å². The van der Waals surface area contributed by atoms with Gasteiger partial charge in [0.05, 0.1) is 12.8 Å². The molecule has 1 atom stereocenters. The average Bonchev–Trinajstić information content (AvgIpc) is 2.93. The highest BCUT2D eigenvalue weighted by atomic mass is 19.4. The van der Waals surface area contributed by atoms with E-state index in [-0.39, 0.29) is 6.61 Å². The number of hydrogen-bond acceptors (Lipinski definition) is 5. The van der Waals surface area contributed by atoms with E-state index in [1.807, 2.05) is 4.90 Å². The van der Waals surface area contributed by atoms with Crippen LogP contribution in [0.25, 0.3) is 0 Å². The summed E-state index contributed by atoms with van der Waals surface area (Å²) >= 11 is 0. The van der Waals surface area contributed by atoms with Gasteiger partial charge in [-0.3, -0.25) is 4.90 Å². The van der Waals surface area contributed by atoms with Gasteiger partial charge in [-0.2, -0.15) is 28.6 Å². The number of aromatic amines is 1. The first-order valence-corrected chi connectivity index (χ1v) is 5.84. The van der Waals surface area contributed by atoms with Crippen molar-refractivity contribution < 1.29 is 23.0 Å². The topological polar surface area (TPSA) is 74.3 Å². The number of halogens is 3. The van der Waals surface area contributed by atoms with Crippen molar-refractivity contribution in [2.45, 2.75) is 18.2 Å². The highest BCUT2D eigenvalue weighted by Gasteiger charge is 2.39. The molecule has 0 bridgehead atoms. The molecule has 1 fully saturated rings. The second-order valence-corrected chi connectivity index (χ2v) is 4.58. The minimum absolute atomic E-state index is 0.0194. The highest BCUT2D eigenvalue weighted by Crippen LogP contribution is 2.29. The molecular formula is C10H15F3N4O2. The number of β-amino-alcohol motifs (C(OH)–C–C–N with tert-alkyl or cyclic N) is 1. The van der Waals surface area contributed by atoms with E-state index in [1.54, 1.807) is 0 Å². The summed E-state index contributed by atoms with van der Waals surface area (Å²) in [7, 11) is 0. The second-order valence-electron chi connectivity index (χ2n) is 4.58. The van der Waals surface area contributed by atoms with Gasteiger partial charge in [0.15, 0.2) is 0 Å². The molecule has 1 aliphatic rings. The van der Waals surface area contributed by atoms with Crippen molar-refractivity contribution in [2.75, 3.05) is 32.8 Å². The number of hydrogen-bond donors (Lipinski definition) is 2. The van der Waals surface area contributed by atoms with Crippen molar-refractivity contribution in [3.05, 3.63) is 11.9 Å². The Bertz CT molecular complexity index is 398. The molecule has 0 saturated carbocycles. The summed E-state index contributed by atoms with van der Waals surface area (Å²) < 4.78 is 40.1. The lowest BCUT2D eigenvalue weighted by Gasteiger charge is -2.21. The molecule has 1 saturated heterocycles. The number of aliphatic hydroxyl groups is 1. The number of likely N-dealkylation sites (tertiary alicyclic amines) is 1. The van der Waals surface area contributed by atoms with Gasteiger partial charge in [0, 0.05) is 19.6 Å². The molecule has 1 aliphatic heterocycles. The van der Waals surface area contributed by atoms with Gasteiger partial charge in [-0.25, -0.2) is 0 Å². The lowest BCUT2D eigenvalue weighted by Crippen LogP contribution is -2.33. The van der Waals surface area contributed by atoms with E-state index in [9.17, 15) is 18.3 Å². The van der Waals surface area contributed by atoms with Crippen LogP contribution in [-0.4, -0.2) is 64.4 Å². The zero-order valence-corrected chi connectivity index (χ0v) is 10.2. The molecule has 1 aromatic rings. The zero-order chi connectivity index (χ0) is 13.9. The summed E-state index contributed by atoms with van der Waals surface area (Å²) in [4.78, 5) is 1.84. The third-order valence-corrected chi connectivity index (χ3v) is 3.04. The third-order valence-electron chi connectivity index (χ3n) is 3.04. The molecular weight excluding hydrogens is 265 g/mol. The predicted octanol–water partition coefficient (Wildman–Crippen LogP) is 0.277. The van der Waals surface area contributed by atoms with Gasteiger partial charge in [-0.15, -0.1) is 0 Å². The van der Waals surface area contributed by atoms with Gasteiger partial charge in [-0.1, -0.05) is 0 Å². The summed E-state index contributed by atoms with van der Waals surface area (Å²) in [6.45, 7) is -0.0211. The van der Waals surface area contributed by atoms with Crippen LogP contribution >= 0.6 is 0 Å². The van der Waals surface area contributed by atoms with Gasteiger partial charge in [0.2, 0.25) is 0 Å². The molecule has 0 unspecified atom stereocenters. The molecule has 2 heterocycles. The summed E-state index contributed by atoms with van der Waals surface area (Å²) in [6, 6.07) is 0. The standard InChI is InChI=1S/C10H15F3N4O2/c11-10(12,13)7-19-4-3-17-2-1-9(18,6-17)8-5-14-16-15-8/h5,18H,1-4,6-7H2,(H,14,15,16)/t9-/m1/s1. The molecule has 0 aromatic carbocycles. The van der Waals surface area contributed by atoms with Crippen LogP contribution in [0, 0.1) is 0 Å². The van der Waals surface area contributed by atoms with Crippen LogP contribution in [-0.2, 0) is 10.3 Å². The van der Waals surface area contributed by atoms with Gasteiger partial charge >= 0.3 is 6.18 Å². The highest BCUT2D eigenvalue weighted by molar-refractivity contribution is 5.10. The lowest BCUT2D eigenvalue weighted by molar-refractivity contribution is -0.174. The summed E-state index contributed by atoms with van der Waals surface area (Å²) in [5.74, 6) is 0. The maximum atomic E-state index is 11.9. The van der Waals surface area contributed by atoms with E-state index in [1.165, 1.54) is 6.20 Å². The van der Waals surface area contributed by atoms with Crippen LogP contribution in [0.2, 0.25) is 0 Å². The predicted molar refractivity (Wildman–Crippen MR) is 58.2 cm³/mol. The molecule has 9 heteroatoms. The SMILES string of the molecule is O[C@]1(c2cn[nH]n2)CCN(CCOCC(F)(F)F)C1. The van der Waals surface area contributed by atoms with Crippen LogP contribution in [0.3, 0.4) is 0 Å².